The predicted octanol–water partition coefficient (Wildman–Crippen LogP) is 1.77. The highest BCUT2D eigenvalue weighted by Gasteiger charge is 2.09. The predicted molar refractivity (Wildman–Crippen MR) is 59.6 cm³/mol. The largest absolute Gasteiger partial charge is 0.273 e. The van der Waals surface area contributed by atoms with Crippen molar-refractivity contribution >= 4 is 12.3 Å². The maximum atomic E-state index is 12.3. The van der Waals surface area contributed by atoms with Gasteiger partial charge in [-0.15, -0.1) is 14.1 Å². The topological polar surface area (TPSA) is 48.5 Å². The van der Waals surface area contributed by atoms with Gasteiger partial charge in [0.15, 0.2) is 0 Å². The Kier molecular flexibility index (Phi) is 3.23. The minimum atomic E-state index is -0.00232. The number of halogens is 1. The van der Waals surface area contributed by atoms with E-state index in [2.05, 4.69) is 15.3 Å². The van der Waals surface area contributed by atoms with Crippen LogP contribution in [0.1, 0.15) is 23.9 Å². The second-order valence-electron chi connectivity index (χ2n) is 3.43. The lowest BCUT2D eigenvalue weighted by Crippen LogP contribution is -1.93. The average molecular weight is 241 g/mol. The van der Waals surface area contributed by atoms with Crippen LogP contribution in [0.15, 0.2) is 12.4 Å². The molecular formula is C9H12FN5S. The van der Waals surface area contributed by atoms with E-state index in [-0.39, 0.29) is 12.3 Å². The van der Waals surface area contributed by atoms with Gasteiger partial charge in [-0.2, -0.15) is 5.10 Å². The van der Waals surface area contributed by atoms with E-state index in [4.69, 9.17) is 0 Å². The number of aryl methyl sites for hydroxylation is 2. The molecule has 86 valence electrons. The van der Waals surface area contributed by atoms with Crippen LogP contribution >= 0.6 is 12.3 Å². The zero-order chi connectivity index (χ0) is 11.5. The van der Waals surface area contributed by atoms with Gasteiger partial charge in [0, 0.05) is 19.2 Å². The standard InChI is InChI=1S/C9H12FN5S/c1-3-14-6-8(5-11-14)4-9-7(2)12-15(13-9)16-10/h5-6H,3-4H2,1-2H3. The van der Waals surface area contributed by atoms with Crippen LogP contribution in [0.4, 0.5) is 3.89 Å². The first kappa shape index (κ1) is 11.1. The van der Waals surface area contributed by atoms with Crippen LogP contribution in [0.2, 0.25) is 0 Å². The molecule has 2 heterocycles. The number of aromatic nitrogens is 5. The molecule has 0 aromatic carbocycles. The molecule has 16 heavy (non-hydrogen) atoms. The molecule has 0 aliphatic rings. The van der Waals surface area contributed by atoms with Gasteiger partial charge in [-0.1, -0.05) is 4.20 Å². The molecule has 0 bridgehead atoms. The van der Waals surface area contributed by atoms with Crippen molar-refractivity contribution in [1.82, 2.24) is 24.2 Å². The molecule has 0 amide bonds. The van der Waals surface area contributed by atoms with Crippen molar-refractivity contribution in [2.75, 3.05) is 0 Å². The maximum absolute atomic E-state index is 12.3. The van der Waals surface area contributed by atoms with E-state index in [1.165, 1.54) is 0 Å². The number of hydrogen-bond acceptors (Lipinski definition) is 4. The van der Waals surface area contributed by atoms with Crippen molar-refractivity contribution in [3.8, 4) is 0 Å². The molecule has 2 rings (SSSR count). The summed E-state index contributed by atoms with van der Waals surface area (Å²) in [6, 6.07) is 0. The normalized spacial score (nSPS) is 10.9. The van der Waals surface area contributed by atoms with Crippen LogP contribution in [0.5, 0.6) is 0 Å². The Bertz CT molecular complexity index is 478. The Morgan fingerprint density at radius 1 is 1.44 bits per heavy atom. The Morgan fingerprint density at radius 2 is 2.25 bits per heavy atom. The second-order valence-corrected chi connectivity index (χ2v) is 3.90. The Labute approximate surface area is 97.1 Å². The van der Waals surface area contributed by atoms with Crippen LogP contribution in [0.3, 0.4) is 0 Å². The quantitative estimate of drug-likeness (QED) is 0.818. The zero-order valence-corrected chi connectivity index (χ0v) is 9.91. The van der Waals surface area contributed by atoms with E-state index in [9.17, 15) is 3.89 Å². The highest BCUT2D eigenvalue weighted by atomic mass is 32.2. The first-order chi connectivity index (χ1) is 7.72. The van der Waals surface area contributed by atoms with E-state index in [1.54, 1.807) is 6.20 Å². The zero-order valence-electron chi connectivity index (χ0n) is 9.09. The highest BCUT2D eigenvalue weighted by Crippen LogP contribution is 2.12. The summed E-state index contributed by atoms with van der Waals surface area (Å²) in [6.07, 6.45) is 4.39. The Hall–Kier alpha value is -1.37. The SMILES string of the molecule is CCn1cc(Cc2nn(SF)nc2C)cn1. The lowest BCUT2D eigenvalue weighted by Gasteiger charge is -1.93. The summed E-state index contributed by atoms with van der Waals surface area (Å²) in [5.41, 5.74) is 2.58. The fourth-order valence-corrected chi connectivity index (χ4v) is 1.72. The number of rotatable bonds is 4. The molecule has 2 aromatic heterocycles. The number of hydrogen-bond donors (Lipinski definition) is 0. The van der Waals surface area contributed by atoms with Gasteiger partial charge < -0.3 is 0 Å². The molecule has 7 heteroatoms. The van der Waals surface area contributed by atoms with Crippen molar-refractivity contribution < 1.29 is 3.89 Å². The lowest BCUT2D eigenvalue weighted by atomic mass is 10.2. The summed E-state index contributed by atoms with van der Waals surface area (Å²) in [5.74, 6) is 0. The maximum Gasteiger partial charge on any atom is 0.207 e. The summed E-state index contributed by atoms with van der Waals surface area (Å²) in [7, 11) is 0. The van der Waals surface area contributed by atoms with Crippen molar-refractivity contribution in [2.45, 2.75) is 26.8 Å². The minimum absolute atomic E-state index is 0.00232. The van der Waals surface area contributed by atoms with Gasteiger partial charge in [-0.05, 0) is 19.4 Å². The monoisotopic (exact) mass is 241 g/mol. The minimum Gasteiger partial charge on any atom is -0.273 e. The van der Waals surface area contributed by atoms with E-state index < -0.39 is 0 Å². The molecule has 0 saturated carbocycles. The molecule has 0 aliphatic carbocycles. The van der Waals surface area contributed by atoms with Gasteiger partial charge in [0.2, 0.25) is 12.3 Å². The molecular weight excluding hydrogens is 229 g/mol. The fraction of sp³-hybridized carbons (Fsp3) is 0.444. The smallest absolute Gasteiger partial charge is 0.207 e. The molecule has 5 nitrogen and oxygen atoms in total. The summed E-state index contributed by atoms with van der Waals surface area (Å²) in [4.78, 5) is 0. The van der Waals surface area contributed by atoms with Crippen molar-refractivity contribution in [3.05, 3.63) is 29.3 Å². The van der Waals surface area contributed by atoms with Gasteiger partial charge in [0.1, 0.15) is 0 Å². The first-order valence-electron chi connectivity index (χ1n) is 4.96. The van der Waals surface area contributed by atoms with Gasteiger partial charge in [-0.3, -0.25) is 4.68 Å². The first-order valence-corrected chi connectivity index (χ1v) is 5.63. The van der Waals surface area contributed by atoms with Crippen molar-refractivity contribution in [3.63, 3.8) is 0 Å². The molecule has 2 aromatic rings. The van der Waals surface area contributed by atoms with E-state index in [0.29, 0.717) is 6.42 Å². The Morgan fingerprint density at radius 3 is 2.81 bits per heavy atom. The van der Waals surface area contributed by atoms with Crippen LogP contribution in [-0.2, 0) is 13.0 Å². The molecule has 0 fully saturated rings. The van der Waals surface area contributed by atoms with Gasteiger partial charge in [-0.25, -0.2) is 0 Å². The summed E-state index contributed by atoms with van der Waals surface area (Å²) in [5, 5.41) is 12.1. The third-order valence-electron chi connectivity index (χ3n) is 2.30. The van der Waals surface area contributed by atoms with E-state index >= 15 is 0 Å². The van der Waals surface area contributed by atoms with E-state index in [0.717, 1.165) is 27.7 Å². The van der Waals surface area contributed by atoms with Crippen LogP contribution < -0.4 is 0 Å². The van der Waals surface area contributed by atoms with Crippen molar-refractivity contribution in [1.29, 1.82) is 0 Å². The molecule has 0 unspecified atom stereocenters. The molecule has 0 atom stereocenters. The summed E-state index contributed by atoms with van der Waals surface area (Å²) in [6.45, 7) is 4.68. The third-order valence-corrected chi connectivity index (χ3v) is 2.59. The highest BCUT2D eigenvalue weighted by molar-refractivity contribution is 7.92. The molecule has 0 radical (unpaired) electrons. The van der Waals surface area contributed by atoms with Crippen LogP contribution in [0, 0.1) is 6.92 Å². The van der Waals surface area contributed by atoms with E-state index in [1.807, 2.05) is 24.7 Å². The molecule has 0 N–H and O–H groups in total. The second kappa shape index (κ2) is 4.65. The van der Waals surface area contributed by atoms with Crippen molar-refractivity contribution in [2.24, 2.45) is 0 Å². The fourth-order valence-electron chi connectivity index (χ4n) is 1.44. The number of nitrogens with zero attached hydrogens (tertiary/aromatic N) is 5. The van der Waals surface area contributed by atoms with Gasteiger partial charge >= 0.3 is 0 Å². The summed E-state index contributed by atoms with van der Waals surface area (Å²) >= 11 is -0.00232. The Balaban J connectivity index is 2.16. The summed E-state index contributed by atoms with van der Waals surface area (Å²) < 4.78 is 15.1. The van der Waals surface area contributed by atoms with Crippen LogP contribution in [0.25, 0.3) is 0 Å². The molecule has 0 spiro atoms. The molecule has 0 saturated heterocycles. The average Bonchev–Trinajstić information content (AvgIpc) is 2.87. The van der Waals surface area contributed by atoms with Gasteiger partial charge in [0.05, 0.1) is 17.6 Å². The van der Waals surface area contributed by atoms with Crippen LogP contribution in [-0.4, -0.2) is 24.2 Å². The molecule has 0 aliphatic heterocycles. The van der Waals surface area contributed by atoms with Gasteiger partial charge in [0.25, 0.3) is 0 Å². The lowest BCUT2D eigenvalue weighted by molar-refractivity contribution is 0.659. The third kappa shape index (κ3) is 2.24.